The highest BCUT2D eigenvalue weighted by atomic mass is 16.5. The number of hydrogen-bond donors (Lipinski definition) is 2. The minimum absolute atomic E-state index is 0.214. The monoisotopic (exact) mass is 313 g/mol. The van der Waals surface area contributed by atoms with Gasteiger partial charge in [0.15, 0.2) is 0 Å². The zero-order valence-corrected chi connectivity index (χ0v) is 13.6. The fourth-order valence-electron chi connectivity index (χ4n) is 2.04. The summed E-state index contributed by atoms with van der Waals surface area (Å²) in [6.45, 7) is 5.63. The van der Waals surface area contributed by atoms with Gasteiger partial charge >= 0.3 is 6.03 Å². The van der Waals surface area contributed by atoms with Crippen LogP contribution in [0.2, 0.25) is 0 Å². The highest BCUT2D eigenvalue weighted by Crippen LogP contribution is 2.19. The van der Waals surface area contributed by atoms with E-state index in [2.05, 4.69) is 35.5 Å². The normalized spacial score (nSPS) is 10.4. The van der Waals surface area contributed by atoms with Crippen LogP contribution in [0.1, 0.15) is 30.9 Å². The van der Waals surface area contributed by atoms with Crippen LogP contribution in [0.3, 0.4) is 0 Å². The van der Waals surface area contributed by atoms with Crippen LogP contribution in [-0.4, -0.2) is 24.2 Å². The number of carbonyl (C=O) groups is 1. The van der Waals surface area contributed by atoms with Crippen LogP contribution in [0.5, 0.6) is 5.75 Å². The molecule has 0 bridgehead atoms. The van der Waals surface area contributed by atoms with E-state index >= 15 is 0 Å². The summed E-state index contributed by atoms with van der Waals surface area (Å²) in [6, 6.07) is 11.6. The number of hydrogen-bond acceptors (Lipinski definition) is 3. The number of amides is 2. The lowest BCUT2D eigenvalue weighted by atomic mass is 10.0. The lowest BCUT2D eigenvalue weighted by Gasteiger charge is -2.11. The SMILES string of the molecule is CC(C)c1cccc(OCCNC(=O)NCc2cccnc2)c1. The molecule has 0 unspecified atom stereocenters. The molecule has 5 heteroatoms. The summed E-state index contributed by atoms with van der Waals surface area (Å²) in [6.07, 6.45) is 3.43. The first-order valence-corrected chi connectivity index (χ1v) is 7.78. The van der Waals surface area contributed by atoms with E-state index < -0.39 is 0 Å². The summed E-state index contributed by atoms with van der Waals surface area (Å²) in [7, 11) is 0. The van der Waals surface area contributed by atoms with Crippen LogP contribution in [0.15, 0.2) is 48.8 Å². The third-order valence-electron chi connectivity index (χ3n) is 3.36. The van der Waals surface area contributed by atoms with E-state index in [4.69, 9.17) is 4.74 Å². The van der Waals surface area contributed by atoms with Crippen LogP contribution in [0, 0.1) is 0 Å². The molecule has 0 saturated carbocycles. The molecule has 0 radical (unpaired) electrons. The molecule has 0 aliphatic carbocycles. The maximum Gasteiger partial charge on any atom is 0.315 e. The Kier molecular flexibility index (Phi) is 6.41. The lowest BCUT2D eigenvalue weighted by molar-refractivity contribution is 0.236. The Morgan fingerprint density at radius 1 is 1.22 bits per heavy atom. The molecule has 0 atom stereocenters. The molecule has 122 valence electrons. The number of pyridine rings is 1. The van der Waals surface area contributed by atoms with Gasteiger partial charge in [-0.2, -0.15) is 0 Å². The quantitative estimate of drug-likeness (QED) is 0.772. The molecule has 1 aromatic carbocycles. The third-order valence-corrected chi connectivity index (χ3v) is 3.36. The van der Waals surface area contributed by atoms with Gasteiger partial charge in [-0.05, 0) is 35.2 Å². The van der Waals surface area contributed by atoms with Gasteiger partial charge in [0, 0.05) is 18.9 Å². The van der Waals surface area contributed by atoms with Gasteiger partial charge in [0.1, 0.15) is 12.4 Å². The minimum Gasteiger partial charge on any atom is -0.492 e. The third kappa shape index (κ3) is 5.98. The van der Waals surface area contributed by atoms with Crippen LogP contribution in [0.4, 0.5) is 4.79 Å². The molecule has 2 rings (SSSR count). The first kappa shape index (κ1) is 16.8. The number of carbonyl (C=O) groups excluding carboxylic acids is 1. The molecule has 23 heavy (non-hydrogen) atoms. The second-order valence-electron chi connectivity index (χ2n) is 5.55. The Hall–Kier alpha value is -2.56. The fraction of sp³-hybridized carbons (Fsp3) is 0.333. The van der Waals surface area contributed by atoms with E-state index in [1.165, 1.54) is 5.56 Å². The molecule has 0 saturated heterocycles. The Balaban J connectivity index is 1.65. The average Bonchev–Trinajstić information content (AvgIpc) is 2.58. The van der Waals surface area contributed by atoms with E-state index in [0.29, 0.717) is 25.6 Å². The summed E-state index contributed by atoms with van der Waals surface area (Å²) in [5, 5.41) is 5.54. The maximum absolute atomic E-state index is 11.7. The van der Waals surface area contributed by atoms with Crippen molar-refractivity contribution in [2.75, 3.05) is 13.2 Å². The van der Waals surface area contributed by atoms with Gasteiger partial charge in [0.25, 0.3) is 0 Å². The van der Waals surface area contributed by atoms with Crippen molar-refractivity contribution in [2.45, 2.75) is 26.3 Å². The number of nitrogens with zero attached hydrogens (tertiary/aromatic N) is 1. The summed E-state index contributed by atoms with van der Waals surface area (Å²) in [5.74, 6) is 1.30. The van der Waals surface area contributed by atoms with Gasteiger partial charge in [-0.1, -0.05) is 32.0 Å². The van der Waals surface area contributed by atoms with E-state index in [9.17, 15) is 4.79 Å². The molecular formula is C18H23N3O2. The Morgan fingerprint density at radius 2 is 2.09 bits per heavy atom. The summed E-state index contributed by atoms with van der Waals surface area (Å²) in [5.41, 5.74) is 2.20. The molecule has 2 aromatic rings. The Morgan fingerprint density at radius 3 is 2.83 bits per heavy atom. The van der Waals surface area contributed by atoms with Gasteiger partial charge in [-0.15, -0.1) is 0 Å². The van der Waals surface area contributed by atoms with Crippen molar-refractivity contribution in [3.05, 3.63) is 59.9 Å². The zero-order chi connectivity index (χ0) is 16.5. The van der Waals surface area contributed by atoms with E-state index in [1.807, 2.05) is 30.3 Å². The molecule has 0 aliphatic rings. The number of nitrogens with one attached hydrogen (secondary N) is 2. The Bertz CT molecular complexity index is 615. The molecule has 0 aliphatic heterocycles. The average molecular weight is 313 g/mol. The van der Waals surface area contributed by atoms with Crippen molar-refractivity contribution < 1.29 is 9.53 Å². The second-order valence-corrected chi connectivity index (χ2v) is 5.55. The van der Waals surface area contributed by atoms with Crippen LogP contribution >= 0.6 is 0 Å². The summed E-state index contributed by atoms with van der Waals surface area (Å²) in [4.78, 5) is 15.7. The number of ether oxygens (including phenoxy) is 1. The summed E-state index contributed by atoms with van der Waals surface area (Å²) >= 11 is 0. The number of rotatable bonds is 7. The zero-order valence-electron chi connectivity index (χ0n) is 13.6. The van der Waals surface area contributed by atoms with Gasteiger partial charge < -0.3 is 15.4 Å². The van der Waals surface area contributed by atoms with Crippen LogP contribution in [-0.2, 0) is 6.54 Å². The van der Waals surface area contributed by atoms with E-state index in [-0.39, 0.29) is 6.03 Å². The number of aromatic nitrogens is 1. The molecule has 1 aromatic heterocycles. The molecule has 1 heterocycles. The smallest absolute Gasteiger partial charge is 0.315 e. The van der Waals surface area contributed by atoms with Gasteiger partial charge in [0.05, 0.1) is 6.54 Å². The standard InChI is InChI=1S/C18H23N3O2/c1-14(2)16-6-3-7-17(11-16)23-10-9-20-18(22)21-13-15-5-4-8-19-12-15/h3-8,11-12,14H,9-10,13H2,1-2H3,(H2,20,21,22). The van der Waals surface area contributed by atoms with Crippen LogP contribution < -0.4 is 15.4 Å². The van der Waals surface area contributed by atoms with Crippen molar-refractivity contribution in [1.29, 1.82) is 0 Å². The molecule has 0 fully saturated rings. The number of benzene rings is 1. The molecule has 0 spiro atoms. The fourth-order valence-corrected chi connectivity index (χ4v) is 2.04. The Labute approximate surface area is 137 Å². The molecule has 2 N–H and O–H groups in total. The van der Waals surface area contributed by atoms with E-state index in [0.717, 1.165) is 11.3 Å². The lowest BCUT2D eigenvalue weighted by Crippen LogP contribution is -2.37. The van der Waals surface area contributed by atoms with Gasteiger partial charge in [0.2, 0.25) is 0 Å². The van der Waals surface area contributed by atoms with Crippen molar-refractivity contribution in [1.82, 2.24) is 15.6 Å². The highest BCUT2D eigenvalue weighted by Gasteiger charge is 2.02. The topological polar surface area (TPSA) is 63.2 Å². The molecule has 5 nitrogen and oxygen atoms in total. The van der Waals surface area contributed by atoms with E-state index in [1.54, 1.807) is 12.4 Å². The molecular weight excluding hydrogens is 290 g/mol. The first-order chi connectivity index (χ1) is 11.1. The maximum atomic E-state index is 11.7. The first-order valence-electron chi connectivity index (χ1n) is 7.78. The highest BCUT2D eigenvalue weighted by molar-refractivity contribution is 5.73. The van der Waals surface area contributed by atoms with Crippen molar-refractivity contribution in [2.24, 2.45) is 0 Å². The van der Waals surface area contributed by atoms with Gasteiger partial charge in [-0.25, -0.2) is 4.79 Å². The second kappa shape index (κ2) is 8.78. The van der Waals surface area contributed by atoms with Crippen molar-refractivity contribution in [3.63, 3.8) is 0 Å². The molecule has 2 amide bonds. The predicted molar refractivity (Wildman–Crippen MR) is 90.5 cm³/mol. The summed E-state index contributed by atoms with van der Waals surface area (Å²) < 4.78 is 5.66. The van der Waals surface area contributed by atoms with Crippen molar-refractivity contribution >= 4 is 6.03 Å². The van der Waals surface area contributed by atoms with Crippen LogP contribution in [0.25, 0.3) is 0 Å². The largest absolute Gasteiger partial charge is 0.492 e. The van der Waals surface area contributed by atoms with Crippen molar-refractivity contribution in [3.8, 4) is 5.75 Å². The van der Waals surface area contributed by atoms with Gasteiger partial charge in [-0.3, -0.25) is 4.98 Å². The minimum atomic E-state index is -0.214. The predicted octanol–water partition coefficient (Wildman–Crippen LogP) is 3.08. The number of urea groups is 1.